The lowest BCUT2D eigenvalue weighted by Crippen LogP contribution is -2.34. The van der Waals surface area contributed by atoms with Crippen LogP contribution in [0, 0.1) is 0 Å². The molecule has 0 aliphatic rings. The van der Waals surface area contributed by atoms with Gasteiger partial charge in [0.15, 0.2) is 0 Å². The zero-order valence-electron chi connectivity index (χ0n) is 11.0. The van der Waals surface area contributed by atoms with E-state index in [2.05, 4.69) is 15.1 Å². The first-order valence-electron chi connectivity index (χ1n) is 6.28. The monoisotopic (exact) mass is 266 g/mol. The Bertz CT molecular complexity index is 692. The molecule has 0 radical (unpaired) electrons. The smallest absolute Gasteiger partial charge is 0.251 e. The molecule has 20 heavy (non-hydrogen) atoms. The molecule has 5 heteroatoms. The molecule has 5 nitrogen and oxygen atoms in total. The van der Waals surface area contributed by atoms with Gasteiger partial charge in [-0.15, -0.1) is 0 Å². The zero-order valence-corrected chi connectivity index (χ0v) is 11.0. The van der Waals surface area contributed by atoms with Gasteiger partial charge in [0.1, 0.15) is 11.2 Å². The van der Waals surface area contributed by atoms with E-state index in [0.29, 0.717) is 17.4 Å². The number of pyridine rings is 1. The molecule has 2 N–H and O–H groups in total. The first-order chi connectivity index (χ1) is 9.68. The molecule has 0 spiro atoms. The zero-order chi connectivity index (χ0) is 14.0. The lowest BCUT2D eigenvalue weighted by Gasteiger charge is -2.20. The van der Waals surface area contributed by atoms with Crippen LogP contribution >= 0.6 is 0 Å². The highest BCUT2D eigenvalue weighted by Crippen LogP contribution is 2.26. The average Bonchev–Trinajstić information content (AvgIpc) is 3.00. The number of hydrogen-bond acceptors (Lipinski definition) is 5. The summed E-state index contributed by atoms with van der Waals surface area (Å²) in [5.41, 5.74) is 7.07. The van der Waals surface area contributed by atoms with Crippen LogP contribution in [0.1, 0.15) is 18.4 Å². The minimum atomic E-state index is -0.832. The van der Waals surface area contributed by atoms with Gasteiger partial charge in [0.05, 0.1) is 0 Å². The summed E-state index contributed by atoms with van der Waals surface area (Å²) in [6, 6.07) is 15.2. The van der Waals surface area contributed by atoms with Crippen LogP contribution in [0.15, 0.2) is 59.3 Å². The number of nitrogens with zero attached hydrogens (tertiary/aromatic N) is 3. The SMILES string of the molecule is CC(N)(c1ccccc1)c1nc(-c2ccccn2)no1. The molecule has 0 bridgehead atoms. The van der Waals surface area contributed by atoms with E-state index in [0.717, 1.165) is 5.56 Å². The van der Waals surface area contributed by atoms with Crippen LogP contribution in [-0.4, -0.2) is 15.1 Å². The van der Waals surface area contributed by atoms with Crippen LogP contribution in [0.3, 0.4) is 0 Å². The number of rotatable bonds is 3. The van der Waals surface area contributed by atoms with Gasteiger partial charge in [0.25, 0.3) is 5.89 Å². The van der Waals surface area contributed by atoms with Crippen molar-refractivity contribution in [2.24, 2.45) is 5.73 Å². The van der Waals surface area contributed by atoms with Crippen molar-refractivity contribution in [3.8, 4) is 11.5 Å². The van der Waals surface area contributed by atoms with E-state index in [9.17, 15) is 0 Å². The van der Waals surface area contributed by atoms with Crippen molar-refractivity contribution >= 4 is 0 Å². The average molecular weight is 266 g/mol. The molecule has 2 aromatic heterocycles. The predicted octanol–water partition coefficient (Wildman–Crippen LogP) is 2.35. The third-order valence-corrected chi connectivity index (χ3v) is 3.14. The molecular weight excluding hydrogens is 252 g/mol. The van der Waals surface area contributed by atoms with Crippen molar-refractivity contribution in [3.63, 3.8) is 0 Å². The molecule has 0 amide bonds. The van der Waals surface area contributed by atoms with E-state index in [1.165, 1.54) is 0 Å². The summed E-state index contributed by atoms with van der Waals surface area (Å²) in [5.74, 6) is 0.803. The molecule has 2 heterocycles. The molecule has 0 aliphatic heterocycles. The van der Waals surface area contributed by atoms with Crippen molar-refractivity contribution < 1.29 is 4.52 Å². The molecule has 0 fully saturated rings. The van der Waals surface area contributed by atoms with Gasteiger partial charge in [-0.2, -0.15) is 4.98 Å². The molecule has 1 unspecified atom stereocenters. The summed E-state index contributed by atoms with van der Waals surface area (Å²) in [6.07, 6.45) is 1.68. The molecule has 1 aromatic carbocycles. The van der Waals surface area contributed by atoms with Gasteiger partial charge < -0.3 is 10.3 Å². The van der Waals surface area contributed by atoms with Gasteiger partial charge in [0.2, 0.25) is 5.82 Å². The number of benzene rings is 1. The van der Waals surface area contributed by atoms with E-state index in [4.69, 9.17) is 10.3 Å². The lowest BCUT2D eigenvalue weighted by molar-refractivity contribution is 0.325. The Morgan fingerprint density at radius 3 is 2.50 bits per heavy atom. The van der Waals surface area contributed by atoms with Crippen LogP contribution in [0.2, 0.25) is 0 Å². The van der Waals surface area contributed by atoms with Crippen LogP contribution in [-0.2, 0) is 5.54 Å². The van der Waals surface area contributed by atoms with Gasteiger partial charge >= 0.3 is 0 Å². The largest absolute Gasteiger partial charge is 0.336 e. The van der Waals surface area contributed by atoms with Crippen LogP contribution in [0.25, 0.3) is 11.5 Å². The topological polar surface area (TPSA) is 77.8 Å². The fraction of sp³-hybridized carbons (Fsp3) is 0.133. The maximum atomic E-state index is 6.33. The first-order valence-corrected chi connectivity index (χ1v) is 6.28. The Morgan fingerprint density at radius 1 is 1.05 bits per heavy atom. The van der Waals surface area contributed by atoms with Crippen LogP contribution < -0.4 is 5.73 Å². The summed E-state index contributed by atoms with van der Waals surface area (Å²) in [5, 5.41) is 3.95. The highest BCUT2D eigenvalue weighted by atomic mass is 16.5. The first kappa shape index (κ1) is 12.5. The molecule has 0 saturated heterocycles. The number of aromatic nitrogens is 3. The van der Waals surface area contributed by atoms with Gasteiger partial charge in [-0.25, -0.2) is 0 Å². The molecule has 0 aliphatic carbocycles. The molecule has 3 aromatic rings. The lowest BCUT2D eigenvalue weighted by atomic mass is 9.93. The second-order valence-electron chi connectivity index (χ2n) is 4.71. The quantitative estimate of drug-likeness (QED) is 0.787. The maximum absolute atomic E-state index is 6.33. The third-order valence-electron chi connectivity index (χ3n) is 3.14. The van der Waals surface area contributed by atoms with E-state index in [-0.39, 0.29) is 0 Å². The van der Waals surface area contributed by atoms with E-state index >= 15 is 0 Å². The van der Waals surface area contributed by atoms with Crippen LogP contribution in [0.5, 0.6) is 0 Å². The highest BCUT2D eigenvalue weighted by molar-refractivity contribution is 5.47. The number of nitrogens with two attached hydrogens (primary N) is 1. The van der Waals surface area contributed by atoms with Crippen molar-refractivity contribution in [2.75, 3.05) is 0 Å². The maximum Gasteiger partial charge on any atom is 0.251 e. The van der Waals surface area contributed by atoms with Crippen molar-refractivity contribution in [3.05, 3.63) is 66.2 Å². The predicted molar refractivity (Wildman–Crippen MR) is 74.6 cm³/mol. The molecular formula is C15H14N4O. The second kappa shape index (κ2) is 4.86. The second-order valence-corrected chi connectivity index (χ2v) is 4.71. The Kier molecular flexibility index (Phi) is 3.04. The van der Waals surface area contributed by atoms with Crippen molar-refractivity contribution in [2.45, 2.75) is 12.5 Å². The Morgan fingerprint density at radius 2 is 1.80 bits per heavy atom. The minimum Gasteiger partial charge on any atom is -0.336 e. The van der Waals surface area contributed by atoms with Crippen molar-refractivity contribution in [1.82, 2.24) is 15.1 Å². The standard InChI is InChI=1S/C15H14N4O/c1-15(16,11-7-3-2-4-8-11)14-18-13(19-20-14)12-9-5-6-10-17-12/h2-10H,16H2,1H3. The minimum absolute atomic E-state index is 0.365. The van der Waals surface area contributed by atoms with Crippen LogP contribution in [0.4, 0.5) is 0 Å². The third kappa shape index (κ3) is 2.19. The molecule has 100 valence electrons. The van der Waals surface area contributed by atoms with E-state index in [1.807, 2.05) is 55.5 Å². The van der Waals surface area contributed by atoms with Gasteiger partial charge in [-0.1, -0.05) is 41.6 Å². The highest BCUT2D eigenvalue weighted by Gasteiger charge is 2.30. The van der Waals surface area contributed by atoms with Gasteiger partial charge in [0, 0.05) is 6.20 Å². The summed E-state index contributed by atoms with van der Waals surface area (Å²) >= 11 is 0. The fourth-order valence-corrected chi connectivity index (χ4v) is 1.94. The van der Waals surface area contributed by atoms with Gasteiger partial charge in [-0.3, -0.25) is 4.98 Å². The Labute approximate surface area is 116 Å². The number of hydrogen-bond donors (Lipinski definition) is 1. The normalized spacial score (nSPS) is 13.9. The van der Waals surface area contributed by atoms with E-state index in [1.54, 1.807) is 6.20 Å². The summed E-state index contributed by atoms with van der Waals surface area (Å²) in [6.45, 7) is 1.85. The Hall–Kier alpha value is -2.53. The van der Waals surface area contributed by atoms with Gasteiger partial charge in [-0.05, 0) is 24.6 Å². The molecule has 0 saturated carbocycles. The Balaban J connectivity index is 1.98. The van der Waals surface area contributed by atoms with Crippen molar-refractivity contribution in [1.29, 1.82) is 0 Å². The molecule has 3 rings (SSSR count). The fourth-order valence-electron chi connectivity index (χ4n) is 1.94. The van der Waals surface area contributed by atoms with E-state index < -0.39 is 5.54 Å². The molecule has 1 atom stereocenters. The summed E-state index contributed by atoms with van der Waals surface area (Å²) in [4.78, 5) is 8.55. The summed E-state index contributed by atoms with van der Waals surface area (Å²) in [7, 11) is 0. The summed E-state index contributed by atoms with van der Waals surface area (Å²) < 4.78 is 5.31.